The van der Waals surface area contributed by atoms with Crippen molar-refractivity contribution in [2.45, 2.75) is 78.9 Å². The summed E-state index contributed by atoms with van der Waals surface area (Å²) < 4.78 is 10.7. The Morgan fingerprint density at radius 1 is 0.773 bits per heavy atom. The van der Waals surface area contributed by atoms with Crippen LogP contribution in [0, 0.1) is 0 Å². The normalized spacial score (nSPS) is 13.4. The fourth-order valence-electron chi connectivity index (χ4n) is 2.21. The van der Waals surface area contributed by atoms with Crippen LogP contribution >= 0.6 is 0 Å². The van der Waals surface area contributed by atoms with Gasteiger partial charge in [-0.1, -0.05) is 34.9 Å². The van der Waals surface area contributed by atoms with Crippen molar-refractivity contribution < 1.29 is 9.47 Å². The summed E-state index contributed by atoms with van der Waals surface area (Å²) in [4.78, 5) is 0. The highest BCUT2D eigenvalue weighted by atomic mass is 16.7. The molecule has 0 aromatic rings. The minimum atomic E-state index is -0.460. The van der Waals surface area contributed by atoms with Crippen molar-refractivity contribution >= 4 is 0 Å². The Morgan fingerprint density at radius 3 is 1.68 bits per heavy atom. The SMILES string of the molecule is COC(C)(CCC=C(C)CCC=C(C)CCC=C(C)C)OC. The first kappa shape index (κ1) is 21.1. The smallest absolute Gasteiger partial charge is 0.165 e. The maximum atomic E-state index is 5.37. The Labute approximate surface area is 138 Å². The molecule has 0 N–H and O–H groups in total. The summed E-state index contributed by atoms with van der Waals surface area (Å²) >= 11 is 0. The van der Waals surface area contributed by atoms with Crippen molar-refractivity contribution in [1.82, 2.24) is 0 Å². The molecule has 0 saturated carbocycles. The zero-order valence-corrected chi connectivity index (χ0v) is 15.8. The molecular formula is C20H36O2. The maximum Gasteiger partial charge on any atom is 0.165 e. The van der Waals surface area contributed by atoms with Gasteiger partial charge < -0.3 is 9.47 Å². The van der Waals surface area contributed by atoms with Crippen LogP contribution < -0.4 is 0 Å². The van der Waals surface area contributed by atoms with Crippen molar-refractivity contribution in [1.29, 1.82) is 0 Å². The third-order valence-corrected chi connectivity index (χ3v) is 4.08. The molecule has 0 aliphatic rings. The van der Waals surface area contributed by atoms with Crippen LogP contribution in [-0.4, -0.2) is 20.0 Å². The standard InChI is InChI=1S/C20H36O2/c1-17(2)11-8-12-18(3)13-9-14-19(4)15-10-16-20(5,21-6)22-7/h11,13,15H,8-10,12,14,16H2,1-7H3. The van der Waals surface area contributed by atoms with Crippen LogP contribution in [0.3, 0.4) is 0 Å². The Balaban J connectivity index is 4.04. The number of methoxy groups -OCH3 is 2. The Hall–Kier alpha value is -0.860. The highest BCUT2D eigenvalue weighted by Gasteiger charge is 2.20. The van der Waals surface area contributed by atoms with Gasteiger partial charge in [-0.3, -0.25) is 0 Å². The van der Waals surface area contributed by atoms with Crippen molar-refractivity contribution in [2.75, 3.05) is 14.2 Å². The largest absolute Gasteiger partial charge is 0.353 e. The van der Waals surface area contributed by atoms with Crippen LogP contribution in [0.25, 0.3) is 0 Å². The third kappa shape index (κ3) is 10.8. The first-order chi connectivity index (χ1) is 10.3. The van der Waals surface area contributed by atoms with Crippen molar-refractivity contribution in [3.8, 4) is 0 Å². The molecule has 0 aliphatic carbocycles. The van der Waals surface area contributed by atoms with E-state index in [2.05, 4.69) is 45.9 Å². The molecule has 0 spiro atoms. The topological polar surface area (TPSA) is 18.5 Å². The van der Waals surface area contributed by atoms with Gasteiger partial charge in [-0.15, -0.1) is 0 Å². The van der Waals surface area contributed by atoms with Gasteiger partial charge in [0.05, 0.1) is 0 Å². The number of ether oxygens (including phenoxy) is 2. The molecule has 0 amide bonds. The summed E-state index contributed by atoms with van der Waals surface area (Å²) in [6, 6.07) is 0. The molecule has 22 heavy (non-hydrogen) atoms. The molecule has 0 aromatic carbocycles. The van der Waals surface area contributed by atoms with E-state index in [1.165, 1.54) is 23.1 Å². The van der Waals surface area contributed by atoms with Gasteiger partial charge >= 0.3 is 0 Å². The summed E-state index contributed by atoms with van der Waals surface area (Å²) in [6.45, 7) is 10.7. The second kappa shape index (κ2) is 11.7. The molecule has 0 aromatic heterocycles. The van der Waals surface area contributed by atoms with Gasteiger partial charge in [0.1, 0.15) is 0 Å². The predicted octanol–water partition coefficient (Wildman–Crippen LogP) is 6.19. The minimum absolute atomic E-state index is 0.460. The van der Waals surface area contributed by atoms with Crippen molar-refractivity contribution in [3.63, 3.8) is 0 Å². The van der Waals surface area contributed by atoms with Crippen LogP contribution in [-0.2, 0) is 9.47 Å². The van der Waals surface area contributed by atoms with E-state index in [1.807, 2.05) is 6.92 Å². The Kier molecular flexibility index (Phi) is 11.2. The van der Waals surface area contributed by atoms with Crippen molar-refractivity contribution in [3.05, 3.63) is 34.9 Å². The number of hydrogen-bond acceptors (Lipinski definition) is 2. The highest BCUT2D eigenvalue weighted by Crippen LogP contribution is 2.19. The molecule has 128 valence electrons. The Morgan fingerprint density at radius 2 is 1.23 bits per heavy atom. The van der Waals surface area contributed by atoms with Crippen LogP contribution in [0.1, 0.15) is 73.1 Å². The van der Waals surface area contributed by atoms with E-state index in [0.29, 0.717) is 0 Å². The first-order valence-electron chi connectivity index (χ1n) is 8.38. The zero-order chi connectivity index (χ0) is 17.0. The molecule has 0 atom stereocenters. The van der Waals surface area contributed by atoms with Gasteiger partial charge in [0, 0.05) is 20.6 Å². The van der Waals surface area contributed by atoms with Crippen LogP contribution in [0.15, 0.2) is 34.9 Å². The lowest BCUT2D eigenvalue weighted by Gasteiger charge is -2.25. The van der Waals surface area contributed by atoms with E-state index in [4.69, 9.17) is 9.47 Å². The molecule has 0 saturated heterocycles. The number of rotatable bonds is 11. The van der Waals surface area contributed by atoms with Gasteiger partial charge in [0.15, 0.2) is 5.79 Å². The zero-order valence-electron chi connectivity index (χ0n) is 15.8. The highest BCUT2D eigenvalue weighted by molar-refractivity contribution is 5.05. The lowest BCUT2D eigenvalue weighted by molar-refractivity contribution is -0.196. The fourth-order valence-corrected chi connectivity index (χ4v) is 2.21. The molecule has 0 bridgehead atoms. The fraction of sp³-hybridized carbons (Fsp3) is 0.700. The third-order valence-electron chi connectivity index (χ3n) is 4.08. The Bertz CT molecular complexity index is 381. The van der Waals surface area contributed by atoms with E-state index in [0.717, 1.165) is 32.1 Å². The lowest BCUT2D eigenvalue weighted by Crippen LogP contribution is -2.29. The van der Waals surface area contributed by atoms with Crippen LogP contribution in [0.4, 0.5) is 0 Å². The molecule has 2 heteroatoms. The average Bonchev–Trinajstić information content (AvgIpc) is 2.46. The maximum absolute atomic E-state index is 5.37. The molecule has 0 unspecified atom stereocenters. The summed E-state index contributed by atoms with van der Waals surface area (Å²) in [5.41, 5.74) is 4.35. The second-order valence-corrected chi connectivity index (χ2v) is 6.54. The molecule has 0 heterocycles. The summed E-state index contributed by atoms with van der Waals surface area (Å²) in [6.07, 6.45) is 13.5. The van der Waals surface area contributed by atoms with Crippen LogP contribution in [0.5, 0.6) is 0 Å². The van der Waals surface area contributed by atoms with Crippen LogP contribution in [0.2, 0.25) is 0 Å². The van der Waals surface area contributed by atoms with E-state index in [-0.39, 0.29) is 0 Å². The number of hydrogen-bond donors (Lipinski definition) is 0. The van der Waals surface area contributed by atoms with Gasteiger partial charge in [0.2, 0.25) is 0 Å². The first-order valence-corrected chi connectivity index (χ1v) is 8.38. The molecule has 0 fully saturated rings. The average molecular weight is 309 g/mol. The molecule has 2 nitrogen and oxygen atoms in total. The summed E-state index contributed by atoms with van der Waals surface area (Å²) in [5, 5.41) is 0. The van der Waals surface area contributed by atoms with Gasteiger partial charge in [-0.05, 0) is 66.7 Å². The minimum Gasteiger partial charge on any atom is -0.353 e. The summed E-state index contributed by atoms with van der Waals surface area (Å²) in [5.74, 6) is -0.460. The molecule has 0 aliphatic heterocycles. The number of allylic oxidation sites excluding steroid dienone is 6. The van der Waals surface area contributed by atoms with Gasteiger partial charge in [-0.2, -0.15) is 0 Å². The van der Waals surface area contributed by atoms with Gasteiger partial charge in [0.25, 0.3) is 0 Å². The van der Waals surface area contributed by atoms with E-state index < -0.39 is 5.79 Å². The molecule has 0 rings (SSSR count). The lowest BCUT2D eigenvalue weighted by atomic mass is 10.0. The second-order valence-electron chi connectivity index (χ2n) is 6.54. The molecule has 0 radical (unpaired) electrons. The van der Waals surface area contributed by atoms with Gasteiger partial charge in [-0.25, -0.2) is 0 Å². The predicted molar refractivity (Wildman–Crippen MR) is 97.1 cm³/mol. The van der Waals surface area contributed by atoms with E-state index in [1.54, 1.807) is 14.2 Å². The van der Waals surface area contributed by atoms with E-state index in [9.17, 15) is 0 Å². The van der Waals surface area contributed by atoms with Crippen molar-refractivity contribution in [2.24, 2.45) is 0 Å². The van der Waals surface area contributed by atoms with E-state index >= 15 is 0 Å². The summed E-state index contributed by atoms with van der Waals surface area (Å²) in [7, 11) is 3.39. The quantitative estimate of drug-likeness (QED) is 0.334. The molecular weight excluding hydrogens is 272 g/mol. The monoisotopic (exact) mass is 308 g/mol.